The topological polar surface area (TPSA) is 73.9 Å². The quantitative estimate of drug-likeness (QED) is 0.721. The van der Waals surface area contributed by atoms with Crippen LogP contribution in [-0.2, 0) is 9.53 Å². The molecule has 3 heterocycles. The van der Waals surface area contributed by atoms with Crippen LogP contribution < -0.4 is 10.6 Å². The molecule has 7 nitrogen and oxygen atoms in total. The number of carbonyl (C=O) groups excluding carboxylic acids is 2. The number of benzene rings is 1. The summed E-state index contributed by atoms with van der Waals surface area (Å²) in [5.41, 5.74) is 0.787. The van der Waals surface area contributed by atoms with Gasteiger partial charge in [0.1, 0.15) is 0 Å². The fourth-order valence-electron chi connectivity index (χ4n) is 4.19. The molecule has 3 amide bonds. The maximum Gasteiger partial charge on any atom is 0.321 e. The van der Waals surface area contributed by atoms with E-state index >= 15 is 0 Å². The molecule has 166 valence electrons. The molecule has 2 aliphatic heterocycles. The third-order valence-corrected chi connectivity index (χ3v) is 6.98. The van der Waals surface area contributed by atoms with Crippen LogP contribution >= 0.6 is 11.3 Å². The number of nitrogens with one attached hydrogen (secondary N) is 2. The summed E-state index contributed by atoms with van der Waals surface area (Å²) < 4.78 is 5.49. The summed E-state index contributed by atoms with van der Waals surface area (Å²) in [7, 11) is 0. The lowest BCUT2D eigenvalue weighted by atomic mass is 9.96. The third-order valence-electron chi connectivity index (χ3n) is 6.01. The van der Waals surface area contributed by atoms with Crippen molar-refractivity contribution in [3.05, 3.63) is 52.7 Å². The minimum absolute atomic E-state index is 0.0468. The van der Waals surface area contributed by atoms with Crippen LogP contribution in [-0.4, -0.2) is 67.7 Å². The second-order valence-electron chi connectivity index (χ2n) is 7.98. The number of anilines is 1. The number of hydrogen-bond acceptors (Lipinski definition) is 5. The molecule has 31 heavy (non-hydrogen) atoms. The van der Waals surface area contributed by atoms with Gasteiger partial charge in [0, 0.05) is 49.2 Å². The maximum absolute atomic E-state index is 12.9. The largest absolute Gasteiger partial charge is 0.379 e. The van der Waals surface area contributed by atoms with Crippen molar-refractivity contribution in [1.82, 2.24) is 15.1 Å². The third kappa shape index (κ3) is 5.84. The first-order valence-electron chi connectivity index (χ1n) is 10.9. The second-order valence-corrected chi connectivity index (χ2v) is 8.96. The predicted octanol–water partition coefficient (Wildman–Crippen LogP) is 3.18. The molecule has 2 saturated heterocycles. The number of amides is 3. The first-order chi connectivity index (χ1) is 15.2. The number of piperidine rings is 1. The summed E-state index contributed by atoms with van der Waals surface area (Å²) in [6.45, 7) is 5.02. The monoisotopic (exact) mass is 442 g/mol. The predicted molar refractivity (Wildman–Crippen MR) is 122 cm³/mol. The van der Waals surface area contributed by atoms with Gasteiger partial charge in [0.15, 0.2) is 0 Å². The van der Waals surface area contributed by atoms with Gasteiger partial charge in [0.05, 0.1) is 19.3 Å². The molecule has 4 rings (SSSR count). The molecule has 0 spiro atoms. The van der Waals surface area contributed by atoms with Crippen molar-refractivity contribution in [2.45, 2.75) is 18.9 Å². The lowest BCUT2D eigenvalue weighted by molar-refractivity contribution is -0.126. The van der Waals surface area contributed by atoms with Crippen LogP contribution in [0.5, 0.6) is 0 Å². The van der Waals surface area contributed by atoms with Gasteiger partial charge in [-0.25, -0.2) is 4.79 Å². The number of urea groups is 1. The Morgan fingerprint density at radius 3 is 2.45 bits per heavy atom. The Labute approximate surface area is 187 Å². The van der Waals surface area contributed by atoms with E-state index in [-0.39, 0.29) is 23.9 Å². The van der Waals surface area contributed by atoms with Crippen LogP contribution in [0.1, 0.15) is 23.8 Å². The fourth-order valence-corrected chi connectivity index (χ4v) is 5.05. The average Bonchev–Trinajstić information content (AvgIpc) is 3.35. The lowest BCUT2D eigenvalue weighted by Crippen LogP contribution is -2.47. The molecule has 0 saturated carbocycles. The summed E-state index contributed by atoms with van der Waals surface area (Å²) >= 11 is 1.73. The Kier molecular flexibility index (Phi) is 7.56. The Balaban J connectivity index is 1.26. The van der Waals surface area contributed by atoms with Crippen LogP contribution in [0.4, 0.5) is 10.5 Å². The average molecular weight is 443 g/mol. The van der Waals surface area contributed by atoms with E-state index in [2.05, 4.69) is 33.0 Å². The smallest absolute Gasteiger partial charge is 0.321 e. The van der Waals surface area contributed by atoms with Gasteiger partial charge in [-0.2, -0.15) is 0 Å². The van der Waals surface area contributed by atoms with Crippen LogP contribution in [0.15, 0.2) is 47.8 Å². The summed E-state index contributed by atoms with van der Waals surface area (Å²) in [5.74, 6) is 0.0485. The first kappa shape index (κ1) is 21.8. The molecule has 0 radical (unpaired) electrons. The van der Waals surface area contributed by atoms with E-state index in [1.54, 1.807) is 16.2 Å². The van der Waals surface area contributed by atoms with Gasteiger partial charge in [-0.05, 0) is 36.4 Å². The standard InChI is InChI=1S/C23H30N4O3S/c28-22(24-17-20(21-7-4-16-31-21)26-12-14-30-15-13-26)18-8-10-27(11-9-18)23(29)25-19-5-2-1-3-6-19/h1-7,16,18,20H,8-15,17H2,(H,24,28)(H,25,29)/t20-/m0/s1. The zero-order valence-electron chi connectivity index (χ0n) is 17.7. The van der Waals surface area contributed by atoms with Gasteiger partial charge >= 0.3 is 6.03 Å². The number of rotatable bonds is 6. The highest BCUT2D eigenvalue weighted by molar-refractivity contribution is 7.10. The van der Waals surface area contributed by atoms with Crippen molar-refractivity contribution in [3.8, 4) is 0 Å². The van der Waals surface area contributed by atoms with E-state index < -0.39 is 0 Å². The normalized spacial score (nSPS) is 19.0. The van der Waals surface area contributed by atoms with Crippen LogP contribution in [0.3, 0.4) is 0 Å². The molecule has 2 aromatic rings. The molecule has 0 aliphatic carbocycles. The number of thiophene rings is 1. The first-order valence-corrected chi connectivity index (χ1v) is 11.8. The van der Waals surface area contributed by atoms with Crippen molar-refractivity contribution < 1.29 is 14.3 Å². The van der Waals surface area contributed by atoms with Crippen LogP contribution in [0.25, 0.3) is 0 Å². The molecule has 1 aromatic heterocycles. The molecular formula is C23H30N4O3S. The molecule has 1 atom stereocenters. The molecule has 8 heteroatoms. The molecule has 2 aliphatic rings. The Morgan fingerprint density at radius 2 is 1.77 bits per heavy atom. The molecule has 0 unspecified atom stereocenters. The highest BCUT2D eigenvalue weighted by Gasteiger charge is 2.29. The number of para-hydroxylation sites is 1. The molecule has 1 aromatic carbocycles. The van der Waals surface area contributed by atoms with Gasteiger partial charge < -0.3 is 20.3 Å². The minimum atomic E-state index is -0.102. The number of likely N-dealkylation sites (tertiary alicyclic amines) is 1. The van der Waals surface area contributed by atoms with E-state index in [1.165, 1.54) is 4.88 Å². The van der Waals surface area contributed by atoms with Crippen molar-refractivity contribution in [1.29, 1.82) is 0 Å². The zero-order chi connectivity index (χ0) is 21.5. The summed E-state index contributed by atoms with van der Waals surface area (Å²) in [4.78, 5) is 30.8. The molecule has 2 N–H and O–H groups in total. The van der Waals surface area contributed by atoms with E-state index in [1.807, 2.05) is 30.3 Å². The van der Waals surface area contributed by atoms with Gasteiger partial charge in [-0.3, -0.25) is 9.69 Å². The number of morpholine rings is 1. The second kappa shape index (κ2) is 10.7. The van der Waals surface area contributed by atoms with Gasteiger partial charge in [0.2, 0.25) is 5.91 Å². The zero-order valence-corrected chi connectivity index (χ0v) is 18.5. The highest BCUT2D eigenvalue weighted by Crippen LogP contribution is 2.26. The van der Waals surface area contributed by atoms with Gasteiger partial charge in [0.25, 0.3) is 0 Å². The van der Waals surface area contributed by atoms with Gasteiger partial charge in [-0.15, -0.1) is 11.3 Å². The lowest BCUT2D eigenvalue weighted by Gasteiger charge is -2.35. The van der Waals surface area contributed by atoms with Crippen molar-refractivity contribution in [2.75, 3.05) is 51.3 Å². The maximum atomic E-state index is 12.9. The van der Waals surface area contributed by atoms with Gasteiger partial charge in [-0.1, -0.05) is 24.3 Å². The van der Waals surface area contributed by atoms with E-state index in [4.69, 9.17) is 4.74 Å². The number of hydrogen-bond donors (Lipinski definition) is 2. The number of carbonyl (C=O) groups is 2. The Bertz CT molecular complexity index is 832. The SMILES string of the molecule is O=C(NC[C@@H](c1cccs1)N1CCOCC1)C1CCN(C(=O)Nc2ccccc2)CC1. The highest BCUT2D eigenvalue weighted by atomic mass is 32.1. The Hall–Kier alpha value is -2.42. The molecule has 0 bridgehead atoms. The van der Waals surface area contributed by atoms with Crippen molar-refractivity contribution >= 4 is 29.0 Å². The fraction of sp³-hybridized carbons (Fsp3) is 0.478. The number of ether oxygens (including phenoxy) is 1. The molecule has 2 fully saturated rings. The van der Waals surface area contributed by atoms with E-state index in [9.17, 15) is 9.59 Å². The summed E-state index contributed by atoms with van der Waals surface area (Å²) in [6, 6.07) is 13.7. The number of nitrogens with zero attached hydrogens (tertiary/aromatic N) is 2. The summed E-state index contributed by atoms with van der Waals surface area (Å²) in [6.07, 6.45) is 1.38. The Morgan fingerprint density at radius 1 is 1.03 bits per heavy atom. The summed E-state index contributed by atoms with van der Waals surface area (Å²) in [5, 5.41) is 8.19. The van der Waals surface area contributed by atoms with Crippen molar-refractivity contribution in [2.24, 2.45) is 5.92 Å². The van der Waals surface area contributed by atoms with E-state index in [0.29, 0.717) is 32.5 Å². The van der Waals surface area contributed by atoms with Crippen molar-refractivity contribution in [3.63, 3.8) is 0 Å². The van der Waals surface area contributed by atoms with Crippen LogP contribution in [0.2, 0.25) is 0 Å². The molecular weight excluding hydrogens is 412 g/mol. The van der Waals surface area contributed by atoms with Crippen LogP contribution in [0, 0.1) is 5.92 Å². The minimum Gasteiger partial charge on any atom is -0.379 e. The van der Waals surface area contributed by atoms with E-state index in [0.717, 1.165) is 32.0 Å².